The Kier molecular flexibility index (Phi) is 8.38. The predicted molar refractivity (Wildman–Crippen MR) is 134 cm³/mol. The molecule has 0 bridgehead atoms. The predicted octanol–water partition coefficient (Wildman–Crippen LogP) is 3.79. The summed E-state index contributed by atoms with van der Waals surface area (Å²) in [5.74, 6) is 3.28. The van der Waals surface area contributed by atoms with Crippen molar-refractivity contribution in [3.8, 4) is 22.8 Å². The number of anilines is 1. The van der Waals surface area contributed by atoms with Gasteiger partial charge in [0.25, 0.3) is 0 Å². The van der Waals surface area contributed by atoms with Crippen molar-refractivity contribution in [1.82, 2.24) is 19.9 Å². The van der Waals surface area contributed by atoms with Gasteiger partial charge in [0.1, 0.15) is 11.5 Å². The average Bonchev–Trinajstić information content (AvgIpc) is 3.36. The van der Waals surface area contributed by atoms with Gasteiger partial charge in [0, 0.05) is 44.0 Å². The summed E-state index contributed by atoms with van der Waals surface area (Å²) in [5, 5.41) is 4.29. The van der Waals surface area contributed by atoms with Crippen molar-refractivity contribution in [3.05, 3.63) is 54.4 Å². The lowest BCUT2D eigenvalue weighted by atomic mass is 10.1. The Bertz CT molecular complexity index is 1020. The van der Waals surface area contributed by atoms with Crippen LogP contribution in [0.2, 0.25) is 0 Å². The normalized spacial score (nSPS) is 14.5. The molecule has 1 fully saturated rings. The topological polar surface area (TPSA) is 67.1 Å². The molecule has 0 atom stereocenters. The molecule has 2 aromatic heterocycles. The number of aromatic nitrogens is 2. The molecule has 8 heteroatoms. The van der Waals surface area contributed by atoms with Gasteiger partial charge in [0.2, 0.25) is 0 Å². The zero-order valence-corrected chi connectivity index (χ0v) is 20.4. The van der Waals surface area contributed by atoms with Crippen LogP contribution in [0.15, 0.2) is 53.2 Å². The summed E-state index contributed by atoms with van der Waals surface area (Å²) in [6.45, 7) is 10.2. The Morgan fingerprint density at radius 1 is 1.03 bits per heavy atom. The van der Waals surface area contributed by atoms with Gasteiger partial charge in [-0.25, -0.2) is 4.98 Å². The lowest BCUT2D eigenvalue weighted by molar-refractivity contribution is 0.206. The van der Waals surface area contributed by atoms with E-state index in [0.29, 0.717) is 11.5 Å². The summed E-state index contributed by atoms with van der Waals surface area (Å²) in [5.41, 5.74) is 1.62. The van der Waals surface area contributed by atoms with Gasteiger partial charge in [-0.15, -0.1) is 0 Å². The minimum absolute atomic E-state index is 0.667. The maximum atomic E-state index is 5.66. The number of hydrogen-bond donors (Lipinski definition) is 0. The van der Waals surface area contributed by atoms with Gasteiger partial charge >= 0.3 is 0 Å². The monoisotopic (exact) mass is 465 g/mol. The molecule has 0 unspecified atom stereocenters. The lowest BCUT2D eigenvalue weighted by Gasteiger charge is -2.35. The van der Waals surface area contributed by atoms with E-state index in [9.17, 15) is 0 Å². The van der Waals surface area contributed by atoms with Crippen LogP contribution >= 0.6 is 0 Å². The molecule has 3 aromatic rings. The highest BCUT2D eigenvalue weighted by Crippen LogP contribution is 2.37. The van der Waals surface area contributed by atoms with Crippen molar-refractivity contribution in [3.63, 3.8) is 0 Å². The van der Waals surface area contributed by atoms with Crippen molar-refractivity contribution in [2.75, 3.05) is 64.9 Å². The molecule has 8 nitrogen and oxygen atoms in total. The standard InChI is InChI=1S/C26H35N5O3/c1-4-29(13-8-14-30-15-17-31(18-16-30)25-11-5-6-12-27-25)20-21-19-23(28-34-21)22-9-7-10-24(32-2)26(22)33-3/h5-7,9-12,19H,4,8,13-18,20H2,1-3H3. The molecule has 0 aliphatic carbocycles. The molecule has 0 saturated carbocycles. The first-order valence-electron chi connectivity index (χ1n) is 12.0. The van der Waals surface area contributed by atoms with Crippen LogP contribution in [0.4, 0.5) is 5.82 Å². The first-order chi connectivity index (χ1) is 16.7. The van der Waals surface area contributed by atoms with Crippen LogP contribution in [0.1, 0.15) is 19.1 Å². The number of benzene rings is 1. The molecule has 34 heavy (non-hydrogen) atoms. The van der Waals surface area contributed by atoms with Gasteiger partial charge in [-0.2, -0.15) is 0 Å². The summed E-state index contributed by atoms with van der Waals surface area (Å²) in [6.07, 6.45) is 2.99. The zero-order chi connectivity index (χ0) is 23.8. The molecule has 1 aromatic carbocycles. The highest BCUT2D eigenvalue weighted by molar-refractivity contribution is 5.71. The second-order valence-corrected chi connectivity index (χ2v) is 8.46. The zero-order valence-electron chi connectivity index (χ0n) is 20.4. The third-order valence-corrected chi connectivity index (χ3v) is 6.36. The van der Waals surface area contributed by atoms with E-state index in [1.807, 2.05) is 36.5 Å². The number of hydrogen-bond acceptors (Lipinski definition) is 8. The first kappa shape index (κ1) is 24.0. The highest BCUT2D eigenvalue weighted by atomic mass is 16.5. The Morgan fingerprint density at radius 2 is 1.88 bits per heavy atom. The lowest BCUT2D eigenvalue weighted by Crippen LogP contribution is -2.47. The summed E-state index contributed by atoms with van der Waals surface area (Å²) >= 11 is 0. The molecule has 182 valence electrons. The Balaban J connectivity index is 1.25. The average molecular weight is 466 g/mol. The van der Waals surface area contributed by atoms with E-state index in [4.69, 9.17) is 14.0 Å². The highest BCUT2D eigenvalue weighted by Gasteiger charge is 2.19. The van der Waals surface area contributed by atoms with Crippen molar-refractivity contribution < 1.29 is 14.0 Å². The summed E-state index contributed by atoms with van der Waals surface area (Å²) in [7, 11) is 3.27. The quantitative estimate of drug-likeness (QED) is 0.424. The van der Waals surface area contributed by atoms with Crippen LogP contribution in [0.3, 0.4) is 0 Å². The number of piperazine rings is 1. The number of pyridine rings is 1. The fourth-order valence-corrected chi connectivity index (χ4v) is 4.43. The van der Waals surface area contributed by atoms with Crippen LogP contribution in [-0.2, 0) is 6.54 Å². The van der Waals surface area contributed by atoms with Crippen LogP contribution in [0.25, 0.3) is 11.3 Å². The molecule has 4 rings (SSSR count). The molecule has 0 radical (unpaired) electrons. The van der Waals surface area contributed by atoms with Gasteiger partial charge in [-0.1, -0.05) is 24.2 Å². The van der Waals surface area contributed by atoms with E-state index >= 15 is 0 Å². The summed E-state index contributed by atoms with van der Waals surface area (Å²) in [6, 6.07) is 13.9. The smallest absolute Gasteiger partial charge is 0.170 e. The second-order valence-electron chi connectivity index (χ2n) is 8.46. The van der Waals surface area contributed by atoms with Crippen LogP contribution in [0, 0.1) is 0 Å². The van der Waals surface area contributed by atoms with E-state index < -0.39 is 0 Å². The van der Waals surface area contributed by atoms with Crippen molar-refractivity contribution in [2.45, 2.75) is 19.9 Å². The van der Waals surface area contributed by atoms with Crippen LogP contribution in [0.5, 0.6) is 11.5 Å². The number of nitrogens with zero attached hydrogens (tertiary/aromatic N) is 5. The van der Waals surface area contributed by atoms with Gasteiger partial charge < -0.3 is 18.9 Å². The van der Waals surface area contributed by atoms with E-state index in [-0.39, 0.29) is 0 Å². The van der Waals surface area contributed by atoms with E-state index in [1.54, 1.807) is 14.2 Å². The third kappa shape index (κ3) is 5.87. The fraction of sp³-hybridized carbons (Fsp3) is 0.462. The molecule has 1 aliphatic rings. The molecule has 0 amide bonds. The second kappa shape index (κ2) is 11.9. The summed E-state index contributed by atoms with van der Waals surface area (Å²) < 4.78 is 16.6. The molecular weight excluding hydrogens is 430 g/mol. The molecule has 1 aliphatic heterocycles. The van der Waals surface area contributed by atoms with Crippen molar-refractivity contribution >= 4 is 5.82 Å². The van der Waals surface area contributed by atoms with E-state index in [2.05, 4.69) is 43.9 Å². The largest absolute Gasteiger partial charge is 0.493 e. The molecular formula is C26H35N5O3. The minimum atomic E-state index is 0.667. The van der Waals surface area contributed by atoms with Crippen molar-refractivity contribution in [1.29, 1.82) is 0 Å². The van der Waals surface area contributed by atoms with Crippen LogP contribution < -0.4 is 14.4 Å². The van der Waals surface area contributed by atoms with Crippen molar-refractivity contribution in [2.24, 2.45) is 0 Å². The number of methoxy groups -OCH3 is 2. The van der Waals surface area contributed by atoms with Gasteiger partial charge in [-0.3, -0.25) is 9.80 Å². The first-order valence-corrected chi connectivity index (χ1v) is 12.0. The fourth-order valence-electron chi connectivity index (χ4n) is 4.43. The maximum absolute atomic E-state index is 5.66. The maximum Gasteiger partial charge on any atom is 0.170 e. The third-order valence-electron chi connectivity index (χ3n) is 6.36. The van der Waals surface area contributed by atoms with Crippen LogP contribution in [-0.4, -0.2) is 80.0 Å². The number of rotatable bonds is 11. The molecule has 3 heterocycles. The van der Waals surface area contributed by atoms with Gasteiger partial charge in [-0.05, 0) is 50.3 Å². The van der Waals surface area contributed by atoms with Gasteiger partial charge in [0.15, 0.2) is 17.3 Å². The van der Waals surface area contributed by atoms with Gasteiger partial charge in [0.05, 0.1) is 20.8 Å². The Hall–Kier alpha value is -3.10. The number of para-hydroxylation sites is 1. The molecule has 0 spiro atoms. The molecule has 0 N–H and O–H groups in total. The van der Waals surface area contributed by atoms with E-state index in [0.717, 1.165) is 81.6 Å². The Morgan fingerprint density at radius 3 is 2.59 bits per heavy atom. The van der Waals surface area contributed by atoms with E-state index in [1.165, 1.54) is 0 Å². The number of ether oxygens (including phenoxy) is 2. The minimum Gasteiger partial charge on any atom is -0.493 e. The SMILES string of the molecule is CCN(CCCN1CCN(c2ccccn2)CC1)Cc1cc(-c2cccc(OC)c2OC)no1. The molecule has 1 saturated heterocycles. The summed E-state index contributed by atoms with van der Waals surface area (Å²) in [4.78, 5) is 11.8. The Labute approximate surface area is 202 Å².